The van der Waals surface area contributed by atoms with Crippen LogP contribution >= 0.6 is 24.0 Å². The van der Waals surface area contributed by atoms with Crippen LogP contribution in [-0.2, 0) is 0 Å². The fourth-order valence-corrected chi connectivity index (χ4v) is 3.63. The number of piperazine rings is 1. The monoisotopic (exact) mass is 489 g/mol. The minimum Gasteiger partial charge on any atom is -0.506 e. The van der Waals surface area contributed by atoms with Crippen LogP contribution in [0.1, 0.15) is 27.7 Å². The number of benzene rings is 1. The number of aromatic hydroxyl groups is 1. The van der Waals surface area contributed by atoms with Gasteiger partial charge in [0.05, 0.1) is 5.69 Å². The van der Waals surface area contributed by atoms with Crippen molar-refractivity contribution in [3.8, 4) is 5.75 Å². The third-order valence-electron chi connectivity index (χ3n) is 4.99. The second-order valence-corrected chi connectivity index (χ2v) is 7.36. The molecule has 1 aliphatic rings. The summed E-state index contributed by atoms with van der Waals surface area (Å²) in [7, 11) is 1.85. The molecule has 154 valence electrons. The van der Waals surface area contributed by atoms with Crippen LogP contribution in [0.4, 0.5) is 5.69 Å². The molecule has 0 atom stereocenters. The molecule has 1 aromatic rings. The maximum atomic E-state index is 10.0. The molecular formula is C20H36IN5O. The topological polar surface area (TPSA) is 54.3 Å². The molecule has 1 fully saturated rings. The second-order valence-electron chi connectivity index (χ2n) is 7.36. The van der Waals surface area contributed by atoms with Crippen molar-refractivity contribution in [3.63, 3.8) is 0 Å². The number of phenols is 1. The minimum atomic E-state index is 0. The number of phenolic OH excluding ortho intramolecular Hbond substituents is 1. The van der Waals surface area contributed by atoms with Crippen molar-refractivity contribution in [2.75, 3.05) is 51.2 Å². The Kier molecular flexibility index (Phi) is 10.2. The zero-order valence-corrected chi connectivity index (χ0v) is 19.7. The van der Waals surface area contributed by atoms with E-state index in [1.807, 2.05) is 25.2 Å². The Morgan fingerprint density at radius 1 is 1.11 bits per heavy atom. The Labute approximate surface area is 181 Å². The highest BCUT2D eigenvalue weighted by Gasteiger charge is 2.21. The van der Waals surface area contributed by atoms with Gasteiger partial charge in [-0.05, 0) is 39.8 Å². The summed E-state index contributed by atoms with van der Waals surface area (Å²) < 4.78 is 0. The summed E-state index contributed by atoms with van der Waals surface area (Å²) in [6, 6.07) is 8.64. The van der Waals surface area contributed by atoms with E-state index in [0.717, 1.165) is 50.9 Å². The fraction of sp³-hybridized carbons (Fsp3) is 0.650. The van der Waals surface area contributed by atoms with E-state index in [2.05, 4.69) is 52.7 Å². The molecule has 0 aromatic heterocycles. The van der Waals surface area contributed by atoms with E-state index < -0.39 is 0 Å². The van der Waals surface area contributed by atoms with E-state index in [9.17, 15) is 5.11 Å². The number of nitrogens with zero attached hydrogens (tertiary/aromatic N) is 4. The number of hydrogen-bond acceptors (Lipinski definition) is 4. The third-order valence-corrected chi connectivity index (χ3v) is 4.99. The van der Waals surface area contributed by atoms with Crippen LogP contribution in [0.25, 0.3) is 0 Å². The SMILES string of the molecule is CN=C(NCCN(C(C)C)C(C)C)N1CCN(c2ccccc2O)CC1.I. The van der Waals surface area contributed by atoms with Crippen LogP contribution in [0.15, 0.2) is 29.3 Å². The van der Waals surface area contributed by atoms with Crippen LogP contribution in [0.5, 0.6) is 5.75 Å². The summed E-state index contributed by atoms with van der Waals surface area (Å²) in [5.74, 6) is 1.32. The van der Waals surface area contributed by atoms with Crippen molar-refractivity contribution >= 4 is 35.6 Å². The summed E-state index contributed by atoms with van der Waals surface area (Å²) in [6.07, 6.45) is 0. The van der Waals surface area contributed by atoms with Gasteiger partial charge in [0.2, 0.25) is 0 Å². The van der Waals surface area contributed by atoms with Gasteiger partial charge in [-0.3, -0.25) is 9.89 Å². The van der Waals surface area contributed by atoms with Gasteiger partial charge < -0.3 is 20.2 Å². The molecular weight excluding hydrogens is 453 g/mol. The molecule has 1 aliphatic heterocycles. The Balaban J connectivity index is 0.00000364. The van der Waals surface area contributed by atoms with E-state index in [1.165, 1.54) is 0 Å². The number of nitrogens with one attached hydrogen (secondary N) is 1. The summed E-state index contributed by atoms with van der Waals surface area (Å²) in [5.41, 5.74) is 0.916. The van der Waals surface area contributed by atoms with Crippen molar-refractivity contribution in [1.82, 2.24) is 15.1 Å². The molecule has 2 N–H and O–H groups in total. The molecule has 0 radical (unpaired) electrons. The van der Waals surface area contributed by atoms with Gasteiger partial charge in [0.15, 0.2) is 5.96 Å². The van der Waals surface area contributed by atoms with E-state index in [-0.39, 0.29) is 24.0 Å². The Bertz CT molecular complexity index is 577. The molecule has 0 aliphatic carbocycles. The molecule has 1 heterocycles. The first kappa shape index (κ1) is 23.8. The second kappa shape index (κ2) is 11.6. The maximum Gasteiger partial charge on any atom is 0.193 e. The van der Waals surface area contributed by atoms with Crippen LogP contribution < -0.4 is 10.2 Å². The zero-order valence-electron chi connectivity index (χ0n) is 17.4. The number of rotatable bonds is 6. The molecule has 0 saturated carbocycles. The number of aliphatic imine (C=N–C) groups is 1. The first-order chi connectivity index (χ1) is 12.4. The minimum absolute atomic E-state index is 0. The lowest BCUT2D eigenvalue weighted by Gasteiger charge is -2.38. The van der Waals surface area contributed by atoms with Crippen molar-refractivity contribution in [1.29, 1.82) is 0 Å². The van der Waals surface area contributed by atoms with Crippen molar-refractivity contribution < 1.29 is 5.11 Å². The molecule has 6 nitrogen and oxygen atoms in total. The summed E-state index contributed by atoms with van der Waals surface area (Å²) >= 11 is 0. The predicted octanol–water partition coefficient (Wildman–Crippen LogP) is 2.83. The van der Waals surface area contributed by atoms with E-state index >= 15 is 0 Å². The van der Waals surface area contributed by atoms with Gasteiger partial charge in [0.1, 0.15) is 5.75 Å². The number of halogens is 1. The highest BCUT2D eigenvalue weighted by Crippen LogP contribution is 2.27. The van der Waals surface area contributed by atoms with Gasteiger partial charge in [-0.25, -0.2) is 0 Å². The largest absolute Gasteiger partial charge is 0.506 e. The van der Waals surface area contributed by atoms with E-state index in [1.54, 1.807) is 6.07 Å². The van der Waals surface area contributed by atoms with Crippen LogP contribution in [0.3, 0.4) is 0 Å². The highest BCUT2D eigenvalue weighted by atomic mass is 127. The average Bonchev–Trinajstić information content (AvgIpc) is 2.62. The van der Waals surface area contributed by atoms with Gasteiger partial charge in [0, 0.05) is 58.4 Å². The predicted molar refractivity (Wildman–Crippen MR) is 126 cm³/mol. The molecule has 0 bridgehead atoms. The summed E-state index contributed by atoms with van der Waals surface area (Å²) in [5, 5.41) is 13.6. The van der Waals surface area contributed by atoms with Crippen molar-refractivity contribution in [2.24, 2.45) is 4.99 Å². The number of hydrogen-bond donors (Lipinski definition) is 2. The van der Waals surface area contributed by atoms with Gasteiger partial charge in [-0.2, -0.15) is 0 Å². The molecule has 0 spiro atoms. The molecule has 0 amide bonds. The molecule has 27 heavy (non-hydrogen) atoms. The van der Waals surface area contributed by atoms with E-state index in [4.69, 9.17) is 0 Å². The van der Waals surface area contributed by atoms with Crippen LogP contribution in [-0.4, -0.2) is 79.3 Å². The lowest BCUT2D eigenvalue weighted by Crippen LogP contribution is -2.53. The van der Waals surface area contributed by atoms with Gasteiger partial charge in [-0.1, -0.05) is 12.1 Å². The number of para-hydroxylation sites is 2. The zero-order chi connectivity index (χ0) is 19.1. The van der Waals surface area contributed by atoms with E-state index in [0.29, 0.717) is 17.8 Å². The Hall–Kier alpha value is -1.22. The fourth-order valence-electron chi connectivity index (χ4n) is 3.63. The lowest BCUT2D eigenvalue weighted by atomic mass is 10.2. The van der Waals surface area contributed by atoms with Crippen molar-refractivity contribution in [3.05, 3.63) is 24.3 Å². The van der Waals surface area contributed by atoms with Crippen LogP contribution in [0, 0.1) is 0 Å². The van der Waals surface area contributed by atoms with Crippen LogP contribution in [0.2, 0.25) is 0 Å². The lowest BCUT2D eigenvalue weighted by molar-refractivity contribution is 0.178. The summed E-state index contributed by atoms with van der Waals surface area (Å²) in [4.78, 5) is 11.5. The quantitative estimate of drug-likeness (QED) is 0.366. The summed E-state index contributed by atoms with van der Waals surface area (Å²) in [6.45, 7) is 14.4. The number of guanidine groups is 1. The molecule has 1 saturated heterocycles. The van der Waals surface area contributed by atoms with Gasteiger partial charge in [-0.15, -0.1) is 24.0 Å². The Morgan fingerprint density at radius 2 is 1.70 bits per heavy atom. The van der Waals surface area contributed by atoms with Crippen molar-refractivity contribution in [2.45, 2.75) is 39.8 Å². The highest BCUT2D eigenvalue weighted by molar-refractivity contribution is 14.0. The van der Waals surface area contributed by atoms with Gasteiger partial charge >= 0.3 is 0 Å². The van der Waals surface area contributed by atoms with Gasteiger partial charge in [0.25, 0.3) is 0 Å². The number of anilines is 1. The smallest absolute Gasteiger partial charge is 0.193 e. The molecule has 2 rings (SSSR count). The first-order valence-electron chi connectivity index (χ1n) is 9.68. The molecule has 1 aromatic carbocycles. The molecule has 0 unspecified atom stereocenters. The first-order valence-corrected chi connectivity index (χ1v) is 9.68. The third kappa shape index (κ3) is 6.71. The molecule has 7 heteroatoms. The average molecular weight is 489 g/mol. The Morgan fingerprint density at radius 3 is 2.22 bits per heavy atom. The maximum absolute atomic E-state index is 10.0. The standard InChI is InChI=1S/C20H35N5O.HI/c1-16(2)25(17(3)4)11-10-22-20(21-5)24-14-12-23(13-15-24)18-8-6-7-9-19(18)26;/h6-9,16-17,26H,10-15H2,1-5H3,(H,21,22);1H. The normalized spacial score (nSPS) is 15.5.